The summed E-state index contributed by atoms with van der Waals surface area (Å²) >= 11 is 0. The number of carboxylic acids is 1. The maximum atomic E-state index is 10.2. The van der Waals surface area contributed by atoms with Crippen LogP contribution >= 0.6 is 0 Å². The SMILES string of the molecule is C#Cc1ccc(CNCC(=O)O)cc1. The lowest BCUT2D eigenvalue weighted by Gasteiger charge is -2.01. The molecule has 0 aliphatic heterocycles. The van der Waals surface area contributed by atoms with E-state index in [1.165, 1.54) is 0 Å². The van der Waals surface area contributed by atoms with Gasteiger partial charge >= 0.3 is 5.97 Å². The molecule has 1 rings (SSSR count). The van der Waals surface area contributed by atoms with E-state index in [9.17, 15) is 4.79 Å². The van der Waals surface area contributed by atoms with Crippen LogP contribution in [0.3, 0.4) is 0 Å². The molecule has 0 fully saturated rings. The molecular formula is C11H11NO2. The minimum absolute atomic E-state index is 0.0309. The number of hydrogen-bond donors (Lipinski definition) is 2. The summed E-state index contributed by atoms with van der Waals surface area (Å²) in [6.07, 6.45) is 5.20. The van der Waals surface area contributed by atoms with Crippen molar-refractivity contribution in [1.29, 1.82) is 0 Å². The van der Waals surface area contributed by atoms with E-state index in [-0.39, 0.29) is 6.54 Å². The molecule has 1 aromatic carbocycles. The molecule has 0 saturated heterocycles. The molecule has 0 aromatic heterocycles. The highest BCUT2D eigenvalue weighted by Gasteiger charge is 1.96. The lowest BCUT2D eigenvalue weighted by Crippen LogP contribution is -2.21. The number of nitrogens with one attached hydrogen (secondary N) is 1. The Morgan fingerprint density at radius 3 is 2.57 bits per heavy atom. The van der Waals surface area contributed by atoms with E-state index in [0.717, 1.165) is 11.1 Å². The van der Waals surface area contributed by atoms with Gasteiger partial charge in [-0.3, -0.25) is 4.79 Å². The third-order valence-electron chi connectivity index (χ3n) is 1.73. The van der Waals surface area contributed by atoms with E-state index in [4.69, 9.17) is 11.5 Å². The van der Waals surface area contributed by atoms with E-state index >= 15 is 0 Å². The molecule has 2 N–H and O–H groups in total. The number of benzene rings is 1. The predicted octanol–water partition coefficient (Wildman–Crippen LogP) is 0.842. The van der Waals surface area contributed by atoms with Gasteiger partial charge in [0.1, 0.15) is 0 Å². The number of rotatable bonds is 4. The van der Waals surface area contributed by atoms with Gasteiger partial charge in [0.05, 0.1) is 6.54 Å². The number of hydrogen-bond acceptors (Lipinski definition) is 2. The summed E-state index contributed by atoms with van der Waals surface area (Å²) in [6.45, 7) is 0.508. The van der Waals surface area contributed by atoms with Crippen LogP contribution in [0.1, 0.15) is 11.1 Å². The molecule has 1 aromatic rings. The lowest BCUT2D eigenvalue weighted by atomic mass is 10.1. The Labute approximate surface area is 82.8 Å². The van der Waals surface area contributed by atoms with Gasteiger partial charge in [-0.05, 0) is 17.7 Å². The first-order chi connectivity index (χ1) is 6.72. The summed E-state index contributed by atoms with van der Waals surface area (Å²) in [6, 6.07) is 7.42. The van der Waals surface area contributed by atoms with Crippen LogP contribution in [0.15, 0.2) is 24.3 Å². The van der Waals surface area contributed by atoms with Crippen LogP contribution in [-0.4, -0.2) is 17.6 Å². The van der Waals surface area contributed by atoms with Crippen molar-refractivity contribution in [2.75, 3.05) is 6.54 Å². The molecule has 0 atom stereocenters. The second kappa shape index (κ2) is 5.05. The quantitative estimate of drug-likeness (QED) is 0.690. The number of carboxylic acid groups (broad SMARTS) is 1. The van der Waals surface area contributed by atoms with Crippen LogP contribution in [0.25, 0.3) is 0 Å². The van der Waals surface area contributed by atoms with E-state index in [1.54, 1.807) is 0 Å². The summed E-state index contributed by atoms with van der Waals surface area (Å²) in [5.41, 5.74) is 1.84. The Balaban J connectivity index is 2.45. The first-order valence-corrected chi connectivity index (χ1v) is 4.20. The Bertz CT molecular complexity index is 349. The predicted molar refractivity (Wildman–Crippen MR) is 53.7 cm³/mol. The molecule has 0 radical (unpaired) electrons. The summed E-state index contributed by atoms with van der Waals surface area (Å²) in [7, 11) is 0. The maximum absolute atomic E-state index is 10.2. The zero-order valence-electron chi connectivity index (χ0n) is 7.66. The van der Waals surface area contributed by atoms with Crippen molar-refractivity contribution in [3.8, 4) is 12.3 Å². The normalized spacial score (nSPS) is 9.36. The van der Waals surface area contributed by atoms with E-state index in [2.05, 4.69) is 11.2 Å². The zero-order chi connectivity index (χ0) is 10.4. The van der Waals surface area contributed by atoms with Gasteiger partial charge in [-0.2, -0.15) is 0 Å². The average Bonchev–Trinajstić information content (AvgIpc) is 2.18. The molecule has 0 spiro atoms. The maximum Gasteiger partial charge on any atom is 0.317 e. The van der Waals surface area contributed by atoms with Crippen molar-refractivity contribution in [2.45, 2.75) is 6.54 Å². The first-order valence-electron chi connectivity index (χ1n) is 4.20. The van der Waals surface area contributed by atoms with Crippen molar-refractivity contribution >= 4 is 5.97 Å². The highest BCUT2D eigenvalue weighted by molar-refractivity contribution is 5.68. The van der Waals surface area contributed by atoms with Crippen LogP contribution < -0.4 is 5.32 Å². The fraction of sp³-hybridized carbons (Fsp3) is 0.182. The Kier molecular flexibility index (Phi) is 3.71. The molecule has 0 aliphatic rings. The smallest absolute Gasteiger partial charge is 0.317 e. The van der Waals surface area contributed by atoms with E-state index in [0.29, 0.717) is 6.54 Å². The Morgan fingerprint density at radius 2 is 2.07 bits per heavy atom. The molecule has 3 nitrogen and oxygen atoms in total. The Hall–Kier alpha value is -1.79. The van der Waals surface area contributed by atoms with Crippen LogP contribution in [0.2, 0.25) is 0 Å². The minimum Gasteiger partial charge on any atom is -0.480 e. The van der Waals surface area contributed by atoms with Gasteiger partial charge in [-0.15, -0.1) is 6.42 Å². The molecule has 0 saturated carbocycles. The largest absolute Gasteiger partial charge is 0.480 e. The summed E-state index contributed by atoms with van der Waals surface area (Å²) in [5, 5.41) is 11.2. The molecule has 0 heterocycles. The van der Waals surface area contributed by atoms with E-state index in [1.807, 2.05) is 24.3 Å². The molecular weight excluding hydrogens is 178 g/mol. The first kappa shape index (κ1) is 10.3. The molecule has 3 heteroatoms. The number of terminal acetylenes is 1. The highest BCUT2D eigenvalue weighted by atomic mass is 16.4. The second-order valence-electron chi connectivity index (χ2n) is 2.84. The minimum atomic E-state index is -0.856. The van der Waals surface area contributed by atoms with Crippen molar-refractivity contribution in [3.63, 3.8) is 0 Å². The second-order valence-corrected chi connectivity index (χ2v) is 2.84. The van der Waals surface area contributed by atoms with Gasteiger partial charge in [0.25, 0.3) is 0 Å². The summed E-state index contributed by atoms with van der Waals surface area (Å²) in [5.74, 6) is 1.66. The molecule has 0 amide bonds. The average molecular weight is 189 g/mol. The summed E-state index contributed by atoms with van der Waals surface area (Å²) in [4.78, 5) is 10.2. The molecule has 0 aliphatic carbocycles. The zero-order valence-corrected chi connectivity index (χ0v) is 7.66. The van der Waals surface area contributed by atoms with Crippen molar-refractivity contribution in [3.05, 3.63) is 35.4 Å². The molecule has 0 unspecified atom stereocenters. The van der Waals surface area contributed by atoms with E-state index < -0.39 is 5.97 Å². The fourth-order valence-corrected chi connectivity index (χ4v) is 1.03. The number of carbonyl (C=O) groups is 1. The fourth-order valence-electron chi connectivity index (χ4n) is 1.03. The van der Waals surface area contributed by atoms with Gasteiger partial charge in [0.15, 0.2) is 0 Å². The van der Waals surface area contributed by atoms with Crippen molar-refractivity contribution in [1.82, 2.24) is 5.32 Å². The van der Waals surface area contributed by atoms with Crippen LogP contribution in [0.4, 0.5) is 0 Å². The lowest BCUT2D eigenvalue weighted by molar-refractivity contribution is -0.135. The Morgan fingerprint density at radius 1 is 1.43 bits per heavy atom. The molecule has 0 bridgehead atoms. The van der Waals surface area contributed by atoms with Crippen molar-refractivity contribution < 1.29 is 9.90 Å². The van der Waals surface area contributed by atoms with Gasteiger partial charge in [-0.1, -0.05) is 18.1 Å². The van der Waals surface area contributed by atoms with Crippen molar-refractivity contribution in [2.24, 2.45) is 0 Å². The van der Waals surface area contributed by atoms with Crippen LogP contribution in [-0.2, 0) is 11.3 Å². The highest BCUT2D eigenvalue weighted by Crippen LogP contribution is 2.02. The molecule has 72 valence electrons. The number of aliphatic carboxylic acids is 1. The third kappa shape index (κ3) is 3.30. The summed E-state index contributed by atoms with van der Waals surface area (Å²) < 4.78 is 0. The standard InChI is InChI=1S/C11H11NO2/c1-2-9-3-5-10(6-4-9)7-12-8-11(13)14/h1,3-6,12H,7-8H2,(H,13,14). The monoisotopic (exact) mass is 189 g/mol. The van der Waals surface area contributed by atoms with Gasteiger partial charge in [0, 0.05) is 12.1 Å². The van der Waals surface area contributed by atoms with Crippen LogP contribution in [0.5, 0.6) is 0 Å². The van der Waals surface area contributed by atoms with Gasteiger partial charge in [0.2, 0.25) is 0 Å². The molecule has 14 heavy (non-hydrogen) atoms. The van der Waals surface area contributed by atoms with Gasteiger partial charge < -0.3 is 10.4 Å². The van der Waals surface area contributed by atoms with Gasteiger partial charge in [-0.25, -0.2) is 0 Å². The van der Waals surface area contributed by atoms with Crippen LogP contribution in [0, 0.1) is 12.3 Å². The third-order valence-corrected chi connectivity index (χ3v) is 1.73. The topological polar surface area (TPSA) is 49.3 Å².